The van der Waals surface area contributed by atoms with Crippen LogP contribution >= 0.6 is 27.3 Å². The van der Waals surface area contributed by atoms with Crippen molar-refractivity contribution < 1.29 is 8.78 Å². The second-order valence-corrected chi connectivity index (χ2v) is 6.94. The molecule has 0 aliphatic carbocycles. The minimum Gasteiger partial charge on any atom is -0.305 e. The van der Waals surface area contributed by atoms with Crippen LogP contribution in [0.15, 0.2) is 28.7 Å². The summed E-state index contributed by atoms with van der Waals surface area (Å²) in [6, 6.07) is 6.16. The fourth-order valence-corrected chi connectivity index (χ4v) is 3.64. The van der Waals surface area contributed by atoms with E-state index in [4.69, 9.17) is 0 Å². The molecule has 114 valence electrons. The Morgan fingerprint density at radius 1 is 1.19 bits per heavy atom. The van der Waals surface area contributed by atoms with Gasteiger partial charge in [0.2, 0.25) is 0 Å². The molecule has 0 aliphatic heterocycles. The van der Waals surface area contributed by atoms with Crippen molar-refractivity contribution in [3.05, 3.63) is 55.7 Å². The van der Waals surface area contributed by atoms with E-state index < -0.39 is 17.7 Å². The van der Waals surface area contributed by atoms with Crippen LogP contribution in [-0.4, -0.2) is 6.54 Å². The predicted molar refractivity (Wildman–Crippen MR) is 87.9 cm³/mol. The Bertz CT molecular complexity index is 589. The van der Waals surface area contributed by atoms with Gasteiger partial charge in [-0.05, 0) is 43.7 Å². The molecule has 0 bridgehead atoms. The molecule has 0 saturated heterocycles. The van der Waals surface area contributed by atoms with Crippen LogP contribution in [0, 0.1) is 11.6 Å². The van der Waals surface area contributed by atoms with Crippen molar-refractivity contribution in [3.8, 4) is 0 Å². The SMILES string of the molecule is CCCNC(c1ccc(CC)s1)c1c(F)cc(Br)cc1F. The molecule has 1 nitrogen and oxygen atoms in total. The molecule has 0 fully saturated rings. The number of nitrogens with one attached hydrogen (secondary N) is 1. The highest BCUT2D eigenvalue weighted by Gasteiger charge is 2.23. The van der Waals surface area contributed by atoms with Gasteiger partial charge in [0, 0.05) is 19.8 Å². The summed E-state index contributed by atoms with van der Waals surface area (Å²) in [4.78, 5) is 2.16. The molecule has 5 heteroatoms. The summed E-state index contributed by atoms with van der Waals surface area (Å²) in [6.07, 6.45) is 1.83. The van der Waals surface area contributed by atoms with Crippen molar-refractivity contribution >= 4 is 27.3 Å². The monoisotopic (exact) mass is 373 g/mol. The third-order valence-electron chi connectivity index (χ3n) is 3.25. The van der Waals surface area contributed by atoms with E-state index in [1.54, 1.807) is 11.3 Å². The van der Waals surface area contributed by atoms with E-state index in [9.17, 15) is 8.78 Å². The number of thiophene rings is 1. The Balaban J connectivity index is 2.45. The fourth-order valence-electron chi connectivity index (χ4n) is 2.20. The van der Waals surface area contributed by atoms with Crippen molar-refractivity contribution in [3.63, 3.8) is 0 Å². The van der Waals surface area contributed by atoms with E-state index in [0.717, 1.165) is 17.7 Å². The zero-order valence-electron chi connectivity index (χ0n) is 12.1. The van der Waals surface area contributed by atoms with Crippen molar-refractivity contribution in [2.24, 2.45) is 0 Å². The summed E-state index contributed by atoms with van der Waals surface area (Å²) in [5.41, 5.74) is 0.0937. The highest BCUT2D eigenvalue weighted by atomic mass is 79.9. The summed E-state index contributed by atoms with van der Waals surface area (Å²) in [6.45, 7) is 4.81. The van der Waals surface area contributed by atoms with E-state index in [1.807, 2.05) is 19.1 Å². The van der Waals surface area contributed by atoms with Crippen molar-refractivity contribution in [2.45, 2.75) is 32.7 Å². The number of hydrogen-bond acceptors (Lipinski definition) is 2. The standard InChI is InChI=1S/C16H18BrF2NS/c1-3-7-20-16(14-6-5-11(4-2)21-14)15-12(18)8-10(17)9-13(15)19/h5-6,8-9,16,20H,3-4,7H2,1-2H3. The van der Waals surface area contributed by atoms with Gasteiger partial charge in [-0.15, -0.1) is 11.3 Å². The normalized spacial score (nSPS) is 12.6. The van der Waals surface area contributed by atoms with Gasteiger partial charge in [0.1, 0.15) is 11.6 Å². The molecule has 0 aliphatic rings. The topological polar surface area (TPSA) is 12.0 Å². The maximum absolute atomic E-state index is 14.3. The van der Waals surface area contributed by atoms with Gasteiger partial charge in [-0.25, -0.2) is 8.78 Å². The molecule has 21 heavy (non-hydrogen) atoms. The van der Waals surface area contributed by atoms with Crippen LogP contribution < -0.4 is 5.32 Å². The highest BCUT2D eigenvalue weighted by molar-refractivity contribution is 9.10. The van der Waals surface area contributed by atoms with Crippen LogP contribution in [0.5, 0.6) is 0 Å². The first-order valence-corrected chi connectivity index (χ1v) is 8.64. The molecule has 1 heterocycles. The first-order chi connectivity index (χ1) is 10.1. The minimum atomic E-state index is -0.526. The van der Waals surface area contributed by atoms with Crippen LogP contribution in [-0.2, 0) is 6.42 Å². The third-order valence-corrected chi connectivity index (χ3v) is 5.00. The van der Waals surface area contributed by atoms with Crippen molar-refractivity contribution in [1.82, 2.24) is 5.32 Å². The van der Waals surface area contributed by atoms with E-state index >= 15 is 0 Å². The molecular formula is C16H18BrF2NS. The maximum atomic E-state index is 14.3. The van der Waals surface area contributed by atoms with E-state index in [1.165, 1.54) is 17.0 Å². The number of hydrogen-bond donors (Lipinski definition) is 1. The van der Waals surface area contributed by atoms with Gasteiger partial charge < -0.3 is 5.32 Å². The Morgan fingerprint density at radius 2 is 1.86 bits per heavy atom. The number of benzene rings is 1. The third kappa shape index (κ3) is 3.90. The summed E-state index contributed by atoms with van der Waals surface area (Å²) >= 11 is 4.72. The summed E-state index contributed by atoms with van der Waals surface area (Å²) in [5, 5.41) is 3.26. The number of halogens is 3. The molecule has 2 aromatic rings. The Morgan fingerprint density at radius 3 is 2.38 bits per heavy atom. The first-order valence-electron chi connectivity index (χ1n) is 7.03. The van der Waals surface area contributed by atoms with E-state index in [0.29, 0.717) is 11.0 Å². The lowest BCUT2D eigenvalue weighted by atomic mass is 10.0. The quantitative estimate of drug-likeness (QED) is 0.710. The summed E-state index contributed by atoms with van der Waals surface area (Å²) in [5.74, 6) is -1.05. The van der Waals surface area contributed by atoms with E-state index in [-0.39, 0.29) is 5.56 Å². The zero-order chi connectivity index (χ0) is 15.4. The molecule has 1 atom stereocenters. The molecule has 0 spiro atoms. The minimum absolute atomic E-state index is 0.0937. The first kappa shape index (κ1) is 16.6. The van der Waals surface area contributed by atoms with Crippen LogP contribution in [0.3, 0.4) is 0 Å². The van der Waals surface area contributed by atoms with E-state index in [2.05, 4.69) is 28.2 Å². The van der Waals surface area contributed by atoms with Gasteiger partial charge in [0.25, 0.3) is 0 Å². The zero-order valence-corrected chi connectivity index (χ0v) is 14.5. The lowest BCUT2D eigenvalue weighted by Crippen LogP contribution is -2.24. The largest absolute Gasteiger partial charge is 0.305 e. The second kappa shape index (κ2) is 7.47. The molecule has 0 saturated carbocycles. The Hall–Kier alpha value is -0.780. The molecule has 1 aromatic carbocycles. The molecule has 1 N–H and O–H groups in total. The summed E-state index contributed by atoms with van der Waals surface area (Å²) in [7, 11) is 0. The van der Waals surface area contributed by atoms with Crippen LogP contribution in [0.1, 0.15) is 41.6 Å². The van der Waals surface area contributed by atoms with Gasteiger partial charge in [-0.1, -0.05) is 29.8 Å². The molecule has 0 amide bonds. The van der Waals surface area contributed by atoms with Crippen LogP contribution in [0.4, 0.5) is 8.78 Å². The molecule has 1 aromatic heterocycles. The smallest absolute Gasteiger partial charge is 0.132 e. The van der Waals surface area contributed by atoms with Crippen LogP contribution in [0.25, 0.3) is 0 Å². The number of aryl methyl sites for hydroxylation is 1. The lowest BCUT2D eigenvalue weighted by molar-refractivity contribution is 0.505. The second-order valence-electron chi connectivity index (χ2n) is 4.83. The van der Waals surface area contributed by atoms with Crippen LogP contribution in [0.2, 0.25) is 0 Å². The Labute approximate surface area is 136 Å². The molecule has 0 radical (unpaired) electrons. The van der Waals surface area contributed by atoms with Crippen molar-refractivity contribution in [1.29, 1.82) is 0 Å². The molecule has 1 unspecified atom stereocenters. The van der Waals surface area contributed by atoms with Gasteiger partial charge in [0.15, 0.2) is 0 Å². The lowest BCUT2D eigenvalue weighted by Gasteiger charge is -2.19. The number of rotatable bonds is 6. The molecular weight excluding hydrogens is 356 g/mol. The summed E-state index contributed by atoms with van der Waals surface area (Å²) < 4.78 is 28.9. The Kier molecular flexibility index (Phi) is 5.90. The van der Waals surface area contributed by atoms with Gasteiger partial charge >= 0.3 is 0 Å². The highest BCUT2D eigenvalue weighted by Crippen LogP contribution is 2.33. The predicted octanol–water partition coefficient (Wildman–Crippen LogP) is 5.44. The van der Waals surface area contributed by atoms with Crippen molar-refractivity contribution in [2.75, 3.05) is 6.54 Å². The van der Waals surface area contributed by atoms with Gasteiger partial charge in [-0.3, -0.25) is 0 Å². The maximum Gasteiger partial charge on any atom is 0.132 e. The fraction of sp³-hybridized carbons (Fsp3) is 0.375. The molecule has 2 rings (SSSR count). The average molecular weight is 374 g/mol. The van der Waals surface area contributed by atoms with Gasteiger partial charge in [0.05, 0.1) is 6.04 Å². The average Bonchev–Trinajstić information content (AvgIpc) is 2.90. The van der Waals surface area contributed by atoms with Gasteiger partial charge in [-0.2, -0.15) is 0 Å².